The van der Waals surface area contributed by atoms with E-state index in [2.05, 4.69) is 179 Å². The smallest absolute Gasteiger partial charge is 0.195 e. The van der Waals surface area contributed by atoms with Crippen molar-refractivity contribution in [1.82, 2.24) is 18.8 Å². The van der Waals surface area contributed by atoms with Gasteiger partial charge < -0.3 is 0 Å². The third-order valence-electron chi connectivity index (χ3n) is 10.3. The Morgan fingerprint density at radius 3 is 1.71 bits per heavy atom. The van der Waals surface area contributed by atoms with E-state index >= 15 is 0 Å². The maximum Gasteiger partial charge on any atom is 0.195 e. The zero-order chi connectivity index (χ0) is 33.5. The molecule has 0 saturated carbocycles. The van der Waals surface area contributed by atoms with E-state index in [0.29, 0.717) is 0 Å². The van der Waals surface area contributed by atoms with Gasteiger partial charge in [0.1, 0.15) is 0 Å². The van der Waals surface area contributed by atoms with Crippen LogP contribution in [0.15, 0.2) is 170 Å². The first-order valence-electron chi connectivity index (χ1n) is 17.1. The first kappa shape index (κ1) is 28.9. The van der Waals surface area contributed by atoms with Crippen molar-refractivity contribution in [3.05, 3.63) is 170 Å². The van der Waals surface area contributed by atoms with Crippen LogP contribution in [0.1, 0.15) is 0 Å². The van der Waals surface area contributed by atoms with Gasteiger partial charge in [0, 0.05) is 0 Å². The van der Waals surface area contributed by atoms with Crippen LogP contribution in [0, 0.1) is 0 Å². The molecule has 4 heterocycles. The van der Waals surface area contributed by atoms with Gasteiger partial charge in [-0.3, -0.25) is 8.80 Å². The Hall–Kier alpha value is -5.86. The van der Waals surface area contributed by atoms with Crippen molar-refractivity contribution >= 4 is 104 Å². The fourth-order valence-electron chi connectivity index (χ4n) is 8.08. The van der Waals surface area contributed by atoms with Crippen molar-refractivity contribution in [2.75, 3.05) is 0 Å². The molecule has 0 saturated heterocycles. The molecule has 0 atom stereocenters. The molecule has 0 spiro atoms. The van der Waals surface area contributed by atoms with Crippen LogP contribution in [0.3, 0.4) is 0 Å². The molecule has 7 aromatic carbocycles. The summed E-state index contributed by atoms with van der Waals surface area (Å²) in [4.78, 5) is 12.1. The molecular formula is C44H28N4S2Si. The van der Waals surface area contributed by atoms with Crippen LogP contribution in [-0.4, -0.2) is 26.8 Å². The third-order valence-corrected chi connectivity index (χ3v) is 17.1. The lowest BCUT2D eigenvalue weighted by atomic mass is 10.1. The second-order valence-corrected chi connectivity index (χ2v) is 18.9. The third kappa shape index (κ3) is 4.23. The number of hydrogen-bond acceptors (Lipinski definition) is 4. The lowest BCUT2D eigenvalue weighted by Gasteiger charge is -2.34. The van der Waals surface area contributed by atoms with Crippen molar-refractivity contribution in [2.24, 2.45) is 0 Å². The van der Waals surface area contributed by atoms with Crippen molar-refractivity contribution in [1.29, 1.82) is 0 Å². The summed E-state index contributed by atoms with van der Waals surface area (Å²) in [5.41, 5.74) is 9.13. The summed E-state index contributed by atoms with van der Waals surface area (Å²) < 4.78 is 7.15. The van der Waals surface area contributed by atoms with Gasteiger partial charge in [0.15, 0.2) is 18.0 Å². The van der Waals surface area contributed by atoms with E-state index in [1.807, 2.05) is 0 Å². The summed E-state index contributed by atoms with van der Waals surface area (Å²) in [6, 6.07) is 62.6. The molecule has 11 rings (SSSR count). The van der Waals surface area contributed by atoms with E-state index in [9.17, 15) is 0 Å². The molecule has 4 aromatic heterocycles. The second kappa shape index (κ2) is 11.1. The van der Waals surface area contributed by atoms with Crippen LogP contribution in [0.4, 0.5) is 0 Å². The van der Waals surface area contributed by atoms with E-state index in [1.165, 1.54) is 52.3 Å². The van der Waals surface area contributed by atoms with Crippen LogP contribution < -0.4 is 20.7 Å². The SMILES string of the molecule is c1ccc([Si](c2ccccc2)(c2cccc(-c3ccc4nc5sc6ccccc6n5c4c3)c2)c2ccc3sc4nc5ccccc5n4c3c2)cc1. The lowest BCUT2D eigenvalue weighted by Crippen LogP contribution is -2.74. The van der Waals surface area contributed by atoms with Gasteiger partial charge in [0.25, 0.3) is 0 Å². The Labute approximate surface area is 302 Å². The number of rotatable bonds is 5. The van der Waals surface area contributed by atoms with Crippen molar-refractivity contribution in [3.8, 4) is 11.1 Å². The van der Waals surface area contributed by atoms with Gasteiger partial charge in [-0.1, -0.05) is 144 Å². The molecule has 0 radical (unpaired) electrons. The van der Waals surface area contributed by atoms with Crippen LogP contribution in [0.2, 0.25) is 0 Å². The minimum atomic E-state index is -2.84. The zero-order valence-corrected chi connectivity index (χ0v) is 29.9. The average Bonchev–Trinajstić information content (AvgIpc) is 3.93. The highest BCUT2D eigenvalue weighted by Crippen LogP contribution is 2.33. The minimum Gasteiger partial charge on any atom is -0.283 e. The van der Waals surface area contributed by atoms with E-state index < -0.39 is 8.07 Å². The van der Waals surface area contributed by atoms with Crippen LogP contribution in [0.25, 0.3) is 63.5 Å². The average molecular weight is 705 g/mol. The molecular weight excluding hydrogens is 677 g/mol. The highest BCUT2D eigenvalue weighted by molar-refractivity contribution is 7.24. The second-order valence-electron chi connectivity index (χ2n) is 13.1. The number of aromatic nitrogens is 4. The van der Waals surface area contributed by atoms with Crippen LogP contribution >= 0.6 is 22.7 Å². The maximum absolute atomic E-state index is 5.00. The van der Waals surface area contributed by atoms with Crippen molar-refractivity contribution in [3.63, 3.8) is 0 Å². The normalized spacial score (nSPS) is 12.3. The fourth-order valence-corrected chi connectivity index (χ4v) is 14.9. The largest absolute Gasteiger partial charge is 0.283 e. The Morgan fingerprint density at radius 2 is 0.941 bits per heavy atom. The monoisotopic (exact) mass is 704 g/mol. The molecule has 51 heavy (non-hydrogen) atoms. The molecule has 0 N–H and O–H groups in total. The van der Waals surface area contributed by atoms with Gasteiger partial charge in [-0.2, -0.15) is 0 Å². The first-order valence-corrected chi connectivity index (χ1v) is 20.7. The molecule has 7 heteroatoms. The summed E-state index contributed by atoms with van der Waals surface area (Å²) in [6.07, 6.45) is 0. The highest BCUT2D eigenvalue weighted by atomic mass is 32.1. The van der Waals surface area contributed by atoms with E-state index in [-0.39, 0.29) is 0 Å². The Balaban J connectivity index is 1.18. The first-order chi connectivity index (χ1) is 25.3. The van der Waals surface area contributed by atoms with E-state index in [1.54, 1.807) is 22.7 Å². The van der Waals surface area contributed by atoms with Gasteiger partial charge in [-0.25, -0.2) is 9.97 Å². The molecule has 240 valence electrons. The number of imidazole rings is 2. The maximum atomic E-state index is 5.00. The van der Waals surface area contributed by atoms with Crippen molar-refractivity contribution in [2.45, 2.75) is 0 Å². The molecule has 0 bridgehead atoms. The Kier molecular flexibility index (Phi) is 6.28. The summed E-state index contributed by atoms with van der Waals surface area (Å²) in [7, 11) is -2.84. The minimum absolute atomic E-state index is 1.02. The predicted octanol–water partition coefficient (Wildman–Crippen LogP) is 8.76. The summed E-state index contributed by atoms with van der Waals surface area (Å²) in [6.45, 7) is 0. The Morgan fingerprint density at radius 1 is 0.373 bits per heavy atom. The summed E-state index contributed by atoms with van der Waals surface area (Å²) >= 11 is 3.50. The number of benzene rings is 7. The Bertz CT molecular complexity index is 3060. The molecule has 0 fully saturated rings. The van der Waals surface area contributed by atoms with Crippen LogP contribution in [0.5, 0.6) is 0 Å². The van der Waals surface area contributed by atoms with Gasteiger partial charge in [0.2, 0.25) is 0 Å². The van der Waals surface area contributed by atoms with Crippen LogP contribution in [-0.2, 0) is 0 Å². The summed E-state index contributed by atoms with van der Waals surface area (Å²) in [5.74, 6) is 0. The van der Waals surface area contributed by atoms with Gasteiger partial charge >= 0.3 is 0 Å². The molecule has 0 aliphatic carbocycles. The van der Waals surface area contributed by atoms with Gasteiger partial charge in [-0.05, 0) is 80.4 Å². The van der Waals surface area contributed by atoms with Gasteiger partial charge in [-0.15, -0.1) is 0 Å². The predicted molar refractivity (Wildman–Crippen MR) is 219 cm³/mol. The number of fused-ring (bicyclic) bond motifs is 10. The lowest BCUT2D eigenvalue weighted by molar-refractivity contribution is 1.35. The number of thiazole rings is 2. The molecule has 0 aliphatic heterocycles. The van der Waals surface area contributed by atoms with Gasteiger partial charge in [0.05, 0.1) is 42.5 Å². The highest BCUT2D eigenvalue weighted by Gasteiger charge is 2.42. The van der Waals surface area contributed by atoms with E-state index in [0.717, 1.165) is 32.0 Å². The summed E-state index contributed by atoms with van der Waals surface area (Å²) in [5, 5.41) is 5.40. The fraction of sp³-hybridized carbons (Fsp3) is 0. The number of para-hydroxylation sites is 3. The molecule has 4 nitrogen and oxygen atoms in total. The molecule has 0 aliphatic rings. The topological polar surface area (TPSA) is 34.6 Å². The number of hydrogen-bond donors (Lipinski definition) is 0. The molecule has 0 unspecified atom stereocenters. The van der Waals surface area contributed by atoms with E-state index in [4.69, 9.17) is 9.97 Å². The zero-order valence-electron chi connectivity index (χ0n) is 27.3. The quantitative estimate of drug-likeness (QED) is 0.133. The molecule has 0 amide bonds. The number of nitrogens with zero attached hydrogens (tertiary/aromatic N) is 4. The molecule has 11 aromatic rings. The van der Waals surface area contributed by atoms with Crippen molar-refractivity contribution < 1.29 is 0 Å². The standard InChI is InChI=1S/C44H28N4S2Si/c1-3-13-31(14-4-1)51(32-15-5-2-6-16-32,34-23-25-42-40(28-34)47-37-19-8-7-18-35(37)45-43(47)50-42)33-17-11-12-29(26-33)30-22-24-36-39(27-30)48-38-20-9-10-21-41(38)49-44(48)46-36/h1-28H.